The van der Waals surface area contributed by atoms with E-state index < -0.39 is 10.7 Å². The molecular weight excluding hydrogens is 313 g/mol. The molecule has 3 aromatic rings. The highest BCUT2D eigenvalue weighted by Gasteiger charge is 2.18. The maximum Gasteiger partial charge on any atom is 0.280 e. The Morgan fingerprint density at radius 3 is 2.67 bits per heavy atom. The van der Waals surface area contributed by atoms with Crippen LogP contribution in [0.5, 0.6) is 5.75 Å². The number of aromatic nitrogens is 1. The molecule has 1 heterocycles. The number of methoxy groups -OCH3 is 1. The van der Waals surface area contributed by atoms with Gasteiger partial charge in [0.1, 0.15) is 17.4 Å². The summed E-state index contributed by atoms with van der Waals surface area (Å²) in [5.41, 5.74) is 0.785. The number of rotatable bonds is 4. The van der Waals surface area contributed by atoms with E-state index in [1.54, 1.807) is 31.2 Å². The van der Waals surface area contributed by atoms with Crippen molar-refractivity contribution in [2.45, 2.75) is 6.92 Å². The second-order valence-electron chi connectivity index (χ2n) is 5.21. The van der Waals surface area contributed by atoms with E-state index >= 15 is 0 Å². The molecule has 6 nitrogen and oxygen atoms in total. The van der Waals surface area contributed by atoms with Gasteiger partial charge >= 0.3 is 0 Å². The molecule has 0 unspecified atom stereocenters. The lowest BCUT2D eigenvalue weighted by atomic mass is 10.1. The van der Waals surface area contributed by atoms with Crippen molar-refractivity contribution >= 4 is 28.0 Å². The number of fused-ring (bicyclic) bond motifs is 1. The molecule has 0 spiro atoms. The van der Waals surface area contributed by atoms with Crippen molar-refractivity contribution in [2.24, 2.45) is 0 Å². The van der Waals surface area contributed by atoms with Crippen LogP contribution in [0.3, 0.4) is 0 Å². The van der Waals surface area contributed by atoms with Gasteiger partial charge in [-0.25, -0.2) is 9.37 Å². The van der Waals surface area contributed by atoms with Gasteiger partial charge in [-0.1, -0.05) is 6.07 Å². The molecule has 0 amide bonds. The van der Waals surface area contributed by atoms with Crippen molar-refractivity contribution in [2.75, 3.05) is 12.4 Å². The minimum atomic E-state index is -0.505. The third-order valence-corrected chi connectivity index (χ3v) is 3.73. The molecule has 0 aliphatic carbocycles. The zero-order chi connectivity index (χ0) is 17.3. The molecule has 0 saturated heterocycles. The highest BCUT2D eigenvalue weighted by molar-refractivity contribution is 5.99. The fourth-order valence-electron chi connectivity index (χ4n) is 2.54. The van der Waals surface area contributed by atoms with E-state index in [0.717, 1.165) is 0 Å². The van der Waals surface area contributed by atoms with Crippen LogP contribution in [0, 0.1) is 22.9 Å². The summed E-state index contributed by atoms with van der Waals surface area (Å²) < 4.78 is 19.1. The number of nitro groups is 1. The van der Waals surface area contributed by atoms with E-state index in [4.69, 9.17) is 4.74 Å². The standard InChI is InChI=1S/C17H14FN3O3/c1-10-3-5-13-12(16(10)21(22)23)7-8-19-17(13)20-15-6-4-11(24-2)9-14(15)18/h3-9H,1-2H3,(H,19,20). The Morgan fingerprint density at radius 1 is 1.21 bits per heavy atom. The highest BCUT2D eigenvalue weighted by atomic mass is 19.1. The van der Waals surface area contributed by atoms with Crippen LogP contribution in [0.25, 0.3) is 10.8 Å². The maximum absolute atomic E-state index is 14.1. The number of pyridine rings is 1. The number of hydrogen-bond donors (Lipinski definition) is 1. The quantitative estimate of drug-likeness (QED) is 0.569. The monoisotopic (exact) mass is 327 g/mol. The minimum absolute atomic E-state index is 0.0214. The van der Waals surface area contributed by atoms with Gasteiger partial charge in [-0.15, -0.1) is 0 Å². The van der Waals surface area contributed by atoms with E-state index in [0.29, 0.717) is 27.9 Å². The van der Waals surface area contributed by atoms with Crippen LogP contribution in [0.4, 0.5) is 21.6 Å². The molecule has 0 fully saturated rings. The Morgan fingerprint density at radius 2 is 2.00 bits per heavy atom. The van der Waals surface area contributed by atoms with Crippen molar-refractivity contribution in [1.29, 1.82) is 0 Å². The number of aryl methyl sites for hydroxylation is 1. The molecule has 7 heteroatoms. The normalized spacial score (nSPS) is 10.6. The van der Waals surface area contributed by atoms with E-state index in [9.17, 15) is 14.5 Å². The minimum Gasteiger partial charge on any atom is -0.497 e. The first kappa shape index (κ1) is 15.7. The first-order valence-corrected chi connectivity index (χ1v) is 7.14. The van der Waals surface area contributed by atoms with Crippen LogP contribution in [0.1, 0.15) is 5.56 Å². The Kier molecular flexibility index (Phi) is 3.99. The third kappa shape index (κ3) is 2.71. The van der Waals surface area contributed by atoms with Crippen LogP contribution >= 0.6 is 0 Å². The molecule has 1 aromatic heterocycles. The Hall–Kier alpha value is -3.22. The van der Waals surface area contributed by atoms with Gasteiger partial charge in [0.15, 0.2) is 0 Å². The largest absolute Gasteiger partial charge is 0.497 e. The van der Waals surface area contributed by atoms with E-state index in [1.165, 1.54) is 25.4 Å². The first-order valence-electron chi connectivity index (χ1n) is 7.14. The van der Waals surface area contributed by atoms with Gasteiger partial charge in [0, 0.05) is 23.2 Å². The van der Waals surface area contributed by atoms with Gasteiger partial charge in [0.05, 0.1) is 23.1 Å². The molecule has 3 rings (SSSR count). The SMILES string of the molecule is COc1ccc(Nc2nccc3c([N+](=O)[O-])c(C)ccc23)c(F)c1. The van der Waals surface area contributed by atoms with Crippen molar-refractivity contribution in [3.8, 4) is 5.75 Å². The molecule has 0 aliphatic rings. The summed E-state index contributed by atoms with van der Waals surface area (Å²) in [5, 5.41) is 15.2. The average Bonchev–Trinajstić information content (AvgIpc) is 2.56. The smallest absolute Gasteiger partial charge is 0.280 e. The van der Waals surface area contributed by atoms with Crippen LogP contribution in [0.2, 0.25) is 0 Å². The van der Waals surface area contributed by atoms with Gasteiger partial charge in [0.25, 0.3) is 5.69 Å². The van der Waals surface area contributed by atoms with Crippen LogP contribution in [-0.2, 0) is 0 Å². The number of nitrogens with zero attached hydrogens (tertiary/aromatic N) is 2. The first-order chi connectivity index (χ1) is 11.5. The lowest BCUT2D eigenvalue weighted by molar-refractivity contribution is -0.383. The summed E-state index contributed by atoms with van der Waals surface area (Å²) in [6.45, 7) is 1.67. The number of nitro benzene ring substituents is 1. The molecular formula is C17H14FN3O3. The summed E-state index contributed by atoms with van der Waals surface area (Å²) in [7, 11) is 1.45. The predicted octanol–water partition coefficient (Wildman–Crippen LogP) is 4.34. The Balaban J connectivity index is 2.11. The summed E-state index contributed by atoms with van der Waals surface area (Å²) in [6, 6.07) is 9.35. The molecule has 122 valence electrons. The molecule has 2 aromatic carbocycles. The fourth-order valence-corrected chi connectivity index (χ4v) is 2.54. The van der Waals surface area contributed by atoms with E-state index in [2.05, 4.69) is 10.3 Å². The Labute approximate surface area is 137 Å². The number of nitrogens with one attached hydrogen (secondary N) is 1. The number of ether oxygens (including phenoxy) is 1. The summed E-state index contributed by atoms with van der Waals surface area (Å²) in [4.78, 5) is 15.1. The summed E-state index contributed by atoms with van der Waals surface area (Å²) in [5.74, 6) is 0.240. The van der Waals surface area contributed by atoms with Gasteiger partial charge in [-0.2, -0.15) is 0 Å². The zero-order valence-electron chi connectivity index (χ0n) is 13.0. The van der Waals surface area contributed by atoms with Crippen LogP contribution in [-0.4, -0.2) is 17.0 Å². The molecule has 0 aliphatic heterocycles. The van der Waals surface area contributed by atoms with Gasteiger partial charge in [-0.3, -0.25) is 10.1 Å². The second-order valence-corrected chi connectivity index (χ2v) is 5.21. The second kappa shape index (κ2) is 6.11. The van der Waals surface area contributed by atoms with Gasteiger partial charge < -0.3 is 10.1 Å². The van der Waals surface area contributed by atoms with Crippen molar-refractivity contribution in [3.05, 3.63) is 64.1 Å². The fraction of sp³-hybridized carbons (Fsp3) is 0.118. The van der Waals surface area contributed by atoms with Crippen LogP contribution in [0.15, 0.2) is 42.6 Å². The number of hydrogen-bond acceptors (Lipinski definition) is 5. The average molecular weight is 327 g/mol. The number of anilines is 2. The zero-order valence-corrected chi connectivity index (χ0v) is 13.0. The van der Waals surface area contributed by atoms with Gasteiger partial charge in [0.2, 0.25) is 0 Å². The summed E-state index contributed by atoms with van der Waals surface area (Å²) >= 11 is 0. The van der Waals surface area contributed by atoms with Gasteiger partial charge in [-0.05, 0) is 31.2 Å². The molecule has 24 heavy (non-hydrogen) atoms. The molecule has 0 radical (unpaired) electrons. The molecule has 0 bridgehead atoms. The lowest BCUT2D eigenvalue weighted by Crippen LogP contribution is -1.99. The van der Waals surface area contributed by atoms with E-state index in [-0.39, 0.29) is 11.4 Å². The topological polar surface area (TPSA) is 77.3 Å². The predicted molar refractivity (Wildman–Crippen MR) is 89.4 cm³/mol. The molecule has 0 saturated carbocycles. The lowest BCUT2D eigenvalue weighted by Gasteiger charge is -2.11. The van der Waals surface area contributed by atoms with Crippen molar-refractivity contribution in [1.82, 2.24) is 4.98 Å². The summed E-state index contributed by atoms with van der Waals surface area (Å²) in [6.07, 6.45) is 1.46. The van der Waals surface area contributed by atoms with Crippen molar-refractivity contribution in [3.63, 3.8) is 0 Å². The Bertz CT molecular complexity index is 944. The number of benzene rings is 2. The third-order valence-electron chi connectivity index (χ3n) is 3.73. The van der Waals surface area contributed by atoms with E-state index in [1.807, 2.05) is 0 Å². The molecule has 0 atom stereocenters. The molecule has 1 N–H and O–H groups in total. The highest BCUT2D eigenvalue weighted by Crippen LogP contribution is 2.33. The maximum atomic E-state index is 14.1. The van der Waals surface area contributed by atoms with Crippen molar-refractivity contribution < 1.29 is 14.1 Å². The number of halogens is 1. The van der Waals surface area contributed by atoms with Crippen LogP contribution < -0.4 is 10.1 Å².